The Morgan fingerprint density at radius 2 is 1.95 bits per heavy atom. The summed E-state index contributed by atoms with van der Waals surface area (Å²) < 4.78 is 0. The van der Waals surface area contributed by atoms with Gasteiger partial charge in [0.05, 0.1) is 0 Å². The Hall–Kier alpha value is -1.12. The Balaban J connectivity index is 1.59. The first kappa shape index (κ1) is 14.3. The van der Waals surface area contributed by atoms with E-state index in [4.69, 9.17) is 0 Å². The van der Waals surface area contributed by atoms with E-state index in [2.05, 4.69) is 59.6 Å². The van der Waals surface area contributed by atoms with Gasteiger partial charge in [0, 0.05) is 6.54 Å². The third-order valence-electron chi connectivity index (χ3n) is 3.96. The van der Waals surface area contributed by atoms with Crippen LogP contribution in [0.2, 0.25) is 0 Å². The maximum atomic E-state index is 3.55. The van der Waals surface area contributed by atoms with E-state index in [1.165, 1.54) is 38.0 Å². The normalized spacial score (nSPS) is 18.2. The molecule has 0 amide bonds. The van der Waals surface area contributed by atoms with Gasteiger partial charge in [-0.2, -0.15) is 0 Å². The van der Waals surface area contributed by atoms with Crippen LogP contribution in [0.3, 0.4) is 0 Å². The largest absolute Gasteiger partial charge is 0.313 e. The van der Waals surface area contributed by atoms with Crippen LogP contribution in [0.1, 0.15) is 25.3 Å². The molecule has 0 atom stereocenters. The van der Waals surface area contributed by atoms with Gasteiger partial charge in [-0.25, -0.2) is 0 Å². The minimum absolute atomic E-state index is 0.868. The van der Waals surface area contributed by atoms with E-state index in [1.807, 2.05) is 0 Å². The van der Waals surface area contributed by atoms with Crippen molar-refractivity contribution in [3.8, 4) is 0 Å². The Bertz CT molecular complexity index is 364. The number of nitrogens with one attached hydrogen (secondary N) is 1. The van der Waals surface area contributed by atoms with Crippen LogP contribution in [0.5, 0.6) is 0 Å². The molecule has 1 N–H and O–H groups in total. The second-order valence-electron chi connectivity index (χ2n) is 5.35. The highest BCUT2D eigenvalue weighted by Gasteiger charge is 2.16. The van der Waals surface area contributed by atoms with Gasteiger partial charge in [0.2, 0.25) is 0 Å². The van der Waals surface area contributed by atoms with E-state index >= 15 is 0 Å². The van der Waals surface area contributed by atoms with E-state index in [-0.39, 0.29) is 0 Å². The van der Waals surface area contributed by atoms with Gasteiger partial charge in [-0.3, -0.25) is 0 Å². The summed E-state index contributed by atoms with van der Waals surface area (Å²) in [6.07, 6.45) is 7.11. The summed E-state index contributed by atoms with van der Waals surface area (Å²) in [6, 6.07) is 10.5. The van der Waals surface area contributed by atoms with Crippen LogP contribution < -0.4 is 5.32 Å². The first-order chi connectivity index (χ1) is 9.38. The summed E-state index contributed by atoms with van der Waals surface area (Å²) in [7, 11) is 0. The van der Waals surface area contributed by atoms with Crippen molar-refractivity contribution in [2.24, 2.45) is 5.92 Å². The highest BCUT2D eigenvalue weighted by molar-refractivity contribution is 5.48. The Labute approximate surface area is 117 Å². The van der Waals surface area contributed by atoms with Crippen LogP contribution in [0.25, 0.3) is 6.08 Å². The lowest BCUT2D eigenvalue weighted by Crippen LogP contribution is -2.37. The van der Waals surface area contributed by atoms with E-state index in [0.29, 0.717) is 0 Å². The van der Waals surface area contributed by atoms with E-state index in [1.54, 1.807) is 0 Å². The zero-order valence-corrected chi connectivity index (χ0v) is 12.0. The molecule has 0 aromatic heterocycles. The molecule has 0 unspecified atom stereocenters. The molecule has 19 heavy (non-hydrogen) atoms. The fourth-order valence-electron chi connectivity index (χ4n) is 2.64. The minimum Gasteiger partial charge on any atom is -0.313 e. The van der Waals surface area contributed by atoms with Crippen molar-refractivity contribution in [2.45, 2.75) is 19.8 Å². The number of piperidine rings is 1. The van der Waals surface area contributed by atoms with Gasteiger partial charge in [-0.15, -0.1) is 0 Å². The maximum absolute atomic E-state index is 3.55. The van der Waals surface area contributed by atoms with Crippen LogP contribution in [-0.2, 0) is 0 Å². The Morgan fingerprint density at radius 3 is 2.63 bits per heavy atom. The highest BCUT2D eigenvalue weighted by atomic mass is 15.1. The van der Waals surface area contributed by atoms with Crippen molar-refractivity contribution >= 4 is 6.08 Å². The molecule has 1 heterocycles. The molecule has 0 saturated carbocycles. The Kier molecular flexibility index (Phi) is 6.12. The molecule has 0 spiro atoms. The molecule has 0 radical (unpaired) electrons. The summed E-state index contributed by atoms with van der Waals surface area (Å²) >= 11 is 0. The van der Waals surface area contributed by atoms with Crippen LogP contribution in [0, 0.1) is 5.92 Å². The lowest BCUT2D eigenvalue weighted by molar-refractivity contribution is 0.191. The van der Waals surface area contributed by atoms with E-state index < -0.39 is 0 Å². The number of hydrogen-bond donors (Lipinski definition) is 1. The molecule has 2 nitrogen and oxygen atoms in total. The van der Waals surface area contributed by atoms with Crippen LogP contribution >= 0.6 is 0 Å². The molecule has 1 aliphatic rings. The van der Waals surface area contributed by atoms with E-state index in [9.17, 15) is 0 Å². The summed E-state index contributed by atoms with van der Waals surface area (Å²) in [5, 5.41) is 3.55. The average molecular weight is 258 g/mol. The lowest BCUT2D eigenvalue weighted by Gasteiger charge is -2.31. The van der Waals surface area contributed by atoms with Gasteiger partial charge in [0.15, 0.2) is 0 Å². The molecule has 1 aromatic carbocycles. The molecule has 2 rings (SSSR count). The van der Waals surface area contributed by atoms with Crippen molar-refractivity contribution in [2.75, 3.05) is 32.7 Å². The second-order valence-corrected chi connectivity index (χ2v) is 5.35. The predicted molar refractivity (Wildman–Crippen MR) is 83.2 cm³/mol. The molecule has 1 aromatic rings. The molecular formula is C17H26N2. The average Bonchev–Trinajstić information content (AvgIpc) is 2.49. The topological polar surface area (TPSA) is 15.3 Å². The number of benzene rings is 1. The molecule has 1 aliphatic heterocycles. The maximum Gasteiger partial charge on any atom is 0.0138 e. The minimum atomic E-state index is 0.868. The monoisotopic (exact) mass is 258 g/mol. The van der Waals surface area contributed by atoms with Crippen molar-refractivity contribution in [1.82, 2.24) is 10.2 Å². The zero-order valence-electron chi connectivity index (χ0n) is 12.0. The molecule has 1 fully saturated rings. The summed E-state index contributed by atoms with van der Waals surface area (Å²) in [5.74, 6) is 0.868. The van der Waals surface area contributed by atoms with Gasteiger partial charge in [-0.05, 0) is 50.5 Å². The molecule has 2 heteroatoms. The molecule has 0 aliphatic carbocycles. The van der Waals surface area contributed by atoms with Crippen molar-refractivity contribution in [1.29, 1.82) is 0 Å². The summed E-state index contributed by atoms with van der Waals surface area (Å²) in [5.41, 5.74) is 1.28. The predicted octanol–water partition coefficient (Wildman–Crippen LogP) is 3.02. The standard InChI is InChI=1S/C17H26N2/c1-2-19-13-10-17(11-14-19)15-18-12-6-9-16-7-4-3-5-8-16/h3-9,17-18H,2,10-15H2,1H3. The van der Waals surface area contributed by atoms with Crippen molar-refractivity contribution in [3.05, 3.63) is 42.0 Å². The fourth-order valence-corrected chi connectivity index (χ4v) is 2.64. The fraction of sp³-hybridized carbons (Fsp3) is 0.529. The smallest absolute Gasteiger partial charge is 0.0138 e. The molecular weight excluding hydrogens is 232 g/mol. The van der Waals surface area contributed by atoms with Crippen molar-refractivity contribution in [3.63, 3.8) is 0 Å². The van der Waals surface area contributed by atoms with E-state index in [0.717, 1.165) is 19.0 Å². The van der Waals surface area contributed by atoms with Gasteiger partial charge in [0.25, 0.3) is 0 Å². The summed E-state index contributed by atoms with van der Waals surface area (Å²) in [6.45, 7) is 8.16. The zero-order chi connectivity index (χ0) is 13.3. The number of nitrogens with zero attached hydrogens (tertiary/aromatic N) is 1. The molecule has 104 valence electrons. The quantitative estimate of drug-likeness (QED) is 0.789. The first-order valence-electron chi connectivity index (χ1n) is 7.53. The van der Waals surface area contributed by atoms with Crippen LogP contribution in [0.4, 0.5) is 0 Å². The van der Waals surface area contributed by atoms with Gasteiger partial charge in [-0.1, -0.05) is 49.4 Å². The van der Waals surface area contributed by atoms with Crippen LogP contribution in [0.15, 0.2) is 36.4 Å². The SMILES string of the molecule is CCN1CCC(CNCC=Cc2ccccc2)CC1. The van der Waals surface area contributed by atoms with Gasteiger partial charge < -0.3 is 10.2 Å². The number of likely N-dealkylation sites (tertiary alicyclic amines) is 1. The van der Waals surface area contributed by atoms with Gasteiger partial charge >= 0.3 is 0 Å². The lowest BCUT2D eigenvalue weighted by atomic mass is 9.97. The Morgan fingerprint density at radius 1 is 1.21 bits per heavy atom. The third-order valence-corrected chi connectivity index (χ3v) is 3.96. The molecule has 1 saturated heterocycles. The highest BCUT2D eigenvalue weighted by Crippen LogP contribution is 2.15. The molecule has 0 bridgehead atoms. The number of hydrogen-bond acceptors (Lipinski definition) is 2. The van der Waals surface area contributed by atoms with Crippen LogP contribution in [-0.4, -0.2) is 37.6 Å². The summed E-state index contributed by atoms with van der Waals surface area (Å²) in [4.78, 5) is 2.55. The first-order valence-corrected chi connectivity index (χ1v) is 7.53. The second kappa shape index (κ2) is 8.13. The van der Waals surface area contributed by atoms with Crippen molar-refractivity contribution < 1.29 is 0 Å². The third kappa shape index (κ3) is 5.17. The van der Waals surface area contributed by atoms with Gasteiger partial charge in [0.1, 0.15) is 0 Å². The number of rotatable bonds is 6.